The van der Waals surface area contributed by atoms with Gasteiger partial charge in [-0.25, -0.2) is 9.50 Å². The summed E-state index contributed by atoms with van der Waals surface area (Å²) in [4.78, 5) is 4.32. The number of benzene rings is 1. The Hall–Kier alpha value is -2.12. The van der Waals surface area contributed by atoms with Gasteiger partial charge in [-0.15, -0.1) is 0 Å². The number of hydrogen-bond acceptors (Lipinski definition) is 2. The minimum Gasteiger partial charge on any atom is -0.234 e. The summed E-state index contributed by atoms with van der Waals surface area (Å²) in [6.07, 6.45) is 8.35. The van der Waals surface area contributed by atoms with E-state index in [0.717, 1.165) is 28.7 Å². The fourth-order valence-corrected chi connectivity index (χ4v) is 3.00. The van der Waals surface area contributed by atoms with Gasteiger partial charge in [0.05, 0.1) is 6.20 Å². The number of halogens is 1. The van der Waals surface area contributed by atoms with Gasteiger partial charge >= 0.3 is 0 Å². The molecule has 0 unspecified atom stereocenters. The quantitative estimate of drug-likeness (QED) is 0.368. The molecule has 0 aliphatic carbocycles. The van der Waals surface area contributed by atoms with E-state index < -0.39 is 0 Å². The molecule has 1 aromatic carbocycles. The molecule has 24 heavy (non-hydrogen) atoms. The second-order valence-electron chi connectivity index (χ2n) is 5.84. The fourth-order valence-electron chi connectivity index (χ4n) is 2.61. The Balaban J connectivity index is 1.80. The molecule has 0 bridgehead atoms. The third-order valence-corrected chi connectivity index (χ3v) is 4.56. The summed E-state index contributed by atoms with van der Waals surface area (Å²) in [6, 6.07) is 10.4. The van der Waals surface area contributed by atoms with Gasteiger partial charge in [-0.2, -0.15) is 5.10 Å². The molecule has 2 heterocycles. The number of unbranched alkanes of at least 4 members (excludes halogenated alkanes) is 2. The van der Waals surface area contributed by atoms with Gasteiger partial charge in [-0.05, 0) is 61.4 Å². The maximum absolute atomic E-state index is 4.32. The van der Waals surface area contributed by atoms with Gasteiger partial charge in [-0.3, -0.25) is 0 Å². The Labute approximate surface area is 151 Å². The first-order chi connectivity index (χ1) is 11.8. The van der Waals surface area contributed by atoms with Crippen molar-refractivity contribution in [2.45, 2.75) is 32.6 Å². The van der Waals surface area contributed by atoms with Crippen LogP contribution in [0.5, 0.6) is 0 Å². The molecule has 0 saturated carbocycles. The Morgan fingerprint density at radius 1 is 1.12 bits per heavy atom. The van der Waals surface area contributed by atoms with Crippen LogP contribution in [-0.4, -0.2) is 19.9 Å². The number of fused-ring (bicyclic) bond motifs is 1. The second-order valence-corrected chi connectivity index (χ2v) is 6.63. The van der Waals surface area contributed by atoms with Crippen molar-refractivity contribution >= 4 is 21.6 Å². The largest absolute Gasteiger partial charge is 0.234 e. The van der Waals surface area contributed by atoms with Crippen LogP contribution < -0.4 is 0 Å². The van der Waals surface area contributed by atoms with Gasteiger partial charge in [0.15, 0.2) is 5.65 Å². The van der Waals surface area contributed by atoms with Gasteiger partial charge in [0, 0.05) is 17.1 Å². The lowest BCUT2D eigenvalue weighted by atomic mass is 10.0. The summed E-state index contributed by atoms with van der Waals surface area (Å²) in [5, 5.41) is 5.39. The van der Waals surface area contributed by atoms with Crippen molar-refractivity contribution in [3.63, 3.8) is 0 Å². The predicted octanol–water partition coefficient (Wildman–Crippen LogP) is 4.55. The maximum Gasteiger partial charge on any atom is 0.154 e. The molecular formula is C20H20BrN3. The summed E-state index contributed by atoms with van der Waals surface area (Å²) in [7, 11) is 0. The Kier molecular flexibility index (Phi) is 5.66. The Bertz CT molecular complexity index is 887. The van der Waals surface area contributed by atoms with Crippen LogP contribution in [0.2, 0.25) is 0 Å². The van der Waals surface area contributed by atoms with E-state index in [1.807, 2.05) is 12.1 Å². The molecule has 3 aromatic rings. The van der Waals surface area contributed by atoms with Crippen LogP contribution in [0.1, 0.15) is 41.6 Å². The second kappa shape index (κ2) is 8.12. The van der Waals surface area contributed by atoms with E-state index in [-0.39, 0.29) is 0 Å². The first kappa shape index (κ1) is 16.7. The highest BCUT2D eigenvalue weighted by molar-refractivity contribution is 9.09. The Morgan fingerprint density at radius 2 is 2.04 bits per heavy atom. The van der Waals surface area contributed by atoms with Crippen molar-refractivity contribution < 1.29 is 0 Å². The normalized spacial score (nSPS) is 10.6. The highest BCUT2D eigenvalue weighted by Crippen LogP contribution is 2.14. The number of hydrogen-bond donors (Lipinski definition) is 0. The first-order valence-corrected chi connectivity index (χ1v) is 9.36. The lowest BCUT2D eigenvalue weighted by molar-refractivity contribution is 0.724. The maximum atomic E-state index is 4.32. The molecule has 0 amide bonds. The third kappa shape index (κ3) is 4.04. The third-order valence-electron chi connectivity index (χ3n) is 4.00. The zero-order chi connectivity index (χ0) is 16.8. The molecule has 0 saturated heterocycles. The molecule has 0 atom stereocenters. The van der Waals surface area contributed by atoms with Gasteiger partial charge in [0.2, 0.25) is 0 Å². The molecule has 0 aliphatic heterocycles. The average Bonchev–Trinajstić information content (AvgIpc) is 3.02. The van der Waals surface area contributed by atoms with E-state index >= 15 is 0 Å². The molecule has 0 N–H and O–H groups in total. The molecule has 0 spiro atoms. The number of aromatic nitrogens is 3. The smallest absolute Gasteiger partial charge is 0.154 e. The summed E-state index contributed by atoms with van der Waals surface area (Å²) in [6.45, 7) is 2.10. The fraction of sp³-hybridized carbons (Fsp3) is 0.300. The van der Waals surface area contributed by atoms with E-state index in [2.05, 4.69) is 63.0 Å². The first-order valence-electron chi connectivity index (χ1n) is 8.24. The minimum absolute atomic E-state index is 0.813. The van der Waals surface area contributed by atoms with Crippen molar-refractivity contribution in [3.8, 4) is 11.8 Å². The number of rotatable bonds is 5. The molecular weight excluding hydrogens is 362 g/mol. The summed E-state index contributed by atoms with van der Waals surface area (Å²) in [5.41, 5.74) is 5.27. The van der Waals surface area contributed by atoms with Crippen molar-refractivity contribution in [1.29, 1.82) is 0 Å². The van der Waals surface area contributed by atoms with Gasteiger partial charge in [0.25, 0.3) is 0 Å². The monoisotopic (exact) mass is 381 g/mol. The summed E-state index contributed by atoms with van der Waals surface area (Å²) < 4.78 is 1.77. The molecule has 122 valence electrons. The van der Waals surface area contributed by atoms with E-state index in [1.54, 1.807) is 16.9 Å². The van der Waals surface area contributed by atoms with E-state index in [1.165, 1.54) is 30.4 Å². The van der Waals surface area contributed by atoms with Crippen molar-refractivity contribution in [3.05, 3.63) is 65.1 Å². The van der Waals surface area contributed by atoms with Gasteiger partial charge in [0.1, 0.15) is 5.69 Å². The molecule has 0 fully saturated rings. The number of nitrogens with zero attached hydrogens (tertiary/aromatic N) is 3. The van der Waals surface area contributed by atoms with Crippen LogP contribution in [0.25, 0.3) is 5.65 Å². The lowest BCUT2D eigenvalue weighted by Gasteiger charge is -2.04. The summed E-state index contributed by atoms with van der Waals surface area (Å²) >= 11 is 3.48. The van der Waals surface area contributed by atoms with Crippen LogP contribution >= 0.6 is 15.9 Å². The number of alkyl halides is 1. The van der Waals surface area contributed by atoms with E-state index in [4.69, 9.17) is 0 Å². The number of imidazole rings is 1. The van der Waals surface area contributed by atoms with Crippen LogP contribution in [0.3, 0.4) is 0 Å². The minimum atomic E-state index is 0.813. The summed E-state index contributed by atoms with van der Waals surface area (Å²) in [5.74, 6) is 6.50. The van der Waals surface area contributed by atoms with Gasteiger partial charge in [-0.1, -0.05) is 40.4 Å². The van der Waals surface area contributed by atoms with Crippen LogP contribution in [0.4, 0.5) is 0 Å². The molecule has 3 rings (SSSR count). The van der Waals surface area contributed by atoms with Crippen molar-refractivity contribution in [2.24, 2.45) is 0 Å². The van der Waals surface area contributed by atoms with Crippen molar-refractivity contribution in [1.82, 2.24) is 14.6 Å². The lowest BCUT2D eigenvalue weighted by Crippen LogP contribution is -1.93. The van der Waals surface area contributed by atoms with Crippen LogP contribution in [0.15, 0.2) is 42.7 Å². The average molecular weight is 382 g/mol. The Morgan fingerprint density at radius 3 is 2.92 bits per heavy atom. The van der Waals surface area contributed by atoms with Crippen LogP contribution in [0, 0.1) is 18.8 Å². The topological polar surface area (TPSA) is 30.2 Å². The molecule has 0 radical (unpaired) electrons. The van der Waals surface area contributed by atoms with Crippen molar-refractivity contribution in [2.75, 3.05) is 5.33 Å². The van der Waals surface area contributed by atoms with Gasteiger partial charge < -0.3 is 0 Å². The zero-order valence-corrected chi connectivity index (χ0v) is 15.4. The SMILES string of the molecule is Cc1ccc(CCCCCBr)cc1C#Cc1cnc2cccnn12. The molecule has 3 nitrogen and oxygen atoms in total. The predicted molar refractivity (Wildman–Crippen MR) is 101 cm³/mol. The highest BCUT2D eigenvalue weighted by atomic mass is 79.9. The standard InChI is InChI=1S/C20H20BrN3/c1-16-8-9-17(6-3-2-4-12-21)14-18(16)10-11-19-15-22-20-7-5-13-23-24(19)20/h5,7-9,13-15H,2-4,6,12H2,1H3. The van der Waals surface area contributed by atoms with E-state index in [9.17, 15) is 0 Å². The van der Waals surface area contributed by atoms with E-state index in [0.29, 0.717) is 0 Å². The molecule has 2 aromatic heterocycles. The molecule has 0 aliphatic rings. The molecule has 4 heteroatoms. The zero-order valence-electron chi connectivity index (χ0n) is 13.8. The van der Waals surface area contributed by atoms with Crippen LogP contribution in [-0.2, 0) is 6.42 Å². The highest BCUT2D eigenvalue weighted by Gasteiger charge is 2.01. The number of aryl methyl sites for hydroxylation is 2.